The summed E-state index contributed by atoms with van der Waals surface area (Å²) >= 11 is 5.57. The number of nitrogens with two attached hydrogens (primary N) is 1. The number of aliphatic imine (C=N–C) groups is 1. The van der Waals surface area contributed by atoms with Crippen LogP contribution in [0.2, 0.25) is 0 Å². The van der Waals surface area contributed by atoms with E-state index in [0.717, 1.165) is 19.4 Å². The maximum atomic E-state index is 5.57. The molecule has 0 saturated carbocycles. The van der Waals surface area contributed by atoms with Crippen LogP contribution >= 0.6 is 11.6 Å². The van der Waals surface area contributed by atoms with E-state index >= 15 is 0 Å². The minimum atomic E-state index is 0.314. The summed E-state index contributed by atoms with van der Waals surface area (Å²) in [5.41, 5.74) is 8.20. The van der Waals surface area contributed by atoms with Gasteiger partial charge in [0.25, 0.3) is 0 Å². The van der Waals surface area contributed by atoms with E-state index in [2.05, 4.69) is 47.1 Å². The van der Waals surface area contributed by atoms with E-state index in [4.69, 9.17) is 17.3 Å². The molecule has 2 rings (SSSR count). The van der Waals surface area contributed by atoms with Crippen molar-refractivity contribution >= 4 is 28.3 Å². The van der Waals surface area contributed by atoms with Gasteiger partial charge >= 0.3 is 0 Å². The van der Waals surface area contributed by atoms with E-state index in [-0.39, 0.29) is 0 Å². The fourth-order valence-electron chi connectivity index (χ4n) is 2.16. The van der Waals surface area contributed by atoms with Crippen molar-refractivity contribution in [1.29, 1.82) is 0 Å². The van der Waals surface area contributed by atoms with Crippen molar-refractivity contribution in [2.75, 3.05) is 12.4 Å². The van der Waals surface area contributed by atoms with E-state index in [9.17, 15) is 0 Å². The molecule has 3 nitrogen and oxygen atoms in total. The maximum absolute atomic E-state index is 5.57. The van der Waals surface area contributed by atoms with Gasteiger partial charge in [-0.25, -0.2) is 0 Å². The largest absolute Gasteiger partial charge is 0.386 e. The summed E-state index contributed by atoms with van der Waals surface area (Å²) < 4.78 is 2.17. The number of para-hydroxylation sites is 1. The molecule has 2 N–H and O–H groups in total. The first-order valence-electron chi connectivity index (χ1n) is 6.10. The maximum Gasteiger partial charge on any atom is 0.109 e. The van der Waals surface area contributed by atoms with Gasteiger partial charge < -0.3 is 10.3 Å². The van der Waals surface area contributed by atoms with Crippen LogP contribution in [-0.2, 0) is 13.5 Å². The van der Waals surface area contributed by atoms with E-state index in [1.807, 2.05) is 0 Å². The molecule has 18 heavy (non-hydrogen) atoms. The molecule has 0 bridgehead atoms. The second kappa shape index (κ2) is 5.91. The summed E-state index contributed by atoms with van der Waals surface area (Å²) in [6.45, 7) is 0.738. The van der Waals surface area contributed by atoms with Gasteiger partial charge in [0.2, 0.25) is 0 Å². The van der Waals surface area contributed by atoms with Crippen molar-refractivity contribution in [3.63, 3.8) is 0 Å². The molecule has 4 heteroatoms. The molecular formula is C14H18ClN3. The van der Waals surface area contributed by atoms with Crippen LogP contribution in [0.4, 0.5) is 0 Å². The highest BCUT2D eigenvalue weighted by atomic mass is 35.5. The van der Waals surface area contributed by atoms with Crippen LogP contribution in [0.3, 0.4) is 0 Å². The van der Waals surface area contributed by atoms with Gasteiger partial charge in [0.15, 0.2) is 0 Å². The fraction of sp³-hybridized carbons (Fsp3) is 0.357. The predicted octanol–water partition coefficient (Wildman–Crippen LogP) is 2.71. The Labute approximate surface area is 112 Å². The van der Waals surface area contributed by atoms with Crippen molar-refractivity contribution < 1.29 is 0 Å². The molecule has 0 aliphatic carbocycles. The van der Waals surface area contributed by atoms with Gasteiger partial charge in [0.1, 0.15) is 5.84 Å². The van der Waals surface area contributed by atoms with Crippen LogP contribution in [0, 0.1) is 0 Å². The molecule has 1 aromatic heterocycles. The summed E-state index contributed by atoms with van der Waals surface area (Å²) in [5, 5.41) is 1.33. The highest BCUT2D eigenvalue weighted by Crippen LogP contribution is 2.21. The Morgan fingerprint density at radius 1 is 1.39 bits per heavy atom. The fourth-order valence-corrected chi connectivity index (χ4v) is 2.24. The van der Waals surface area contributed by atoms with Crippen LogP contribution in [-0.4, -0.2) is 22.8 Å². The first-order valence-corrected chi connectivity index (χ1v) is 6.63. The lowest BCUT2D eigenvalue weighted by Crippen LogP contribution is -2.13. The molecule has 0 aliphatic rings. The van der Waals surface area contributed by atoms with Crippen LogP contribution < -0.4 is 5.73 Å². The molecule has 0 atom stereocenters. The first-order chi connectivity index (χ1) is 8.72. The molecule has 0 saturated heterocycles. The number of aromatic nitrogens is 1. The van der Waals surface area contributed by atoms with Gasteiger partial charge in [-0.1, -0.05) is 18.2 Å². The third kappa shape index (κ3) is 2.85. The van der Waals surface area contributed by atoms with Gasteiger partial charge in [0, 0.05) is 30.7 Å². The summed E-state index contributed by atoms with van der Waals surface area (Å²) in [6, 6.07) is 8.45. The molecule has 0 amide bonds. The number of halogens is 1. The zero-order valence-corrected chi connectivity index (χ0v) is 11.3. The number of aryl methyl sites for hydroxylation is 2. The Balaban J connectivity index is 2.04. The second-order valence-electron chi connectivity index (χ2n) is 4.39. The van der Waals surface area contributed by atoms with Crippen molar-refractivity contribution in [3.05, 3.63) is 36.0 Å². The minimum Gasteiger partial charge on any atom is -0.386 e. The number of benzene rings is 1. The number of amidine groups is 1. The number of rotatable bonds is 5. The van der Waals surface area contributed by atoms with Gasteiger partial charge in [-0.05, 0) is 24.5 Å². The van der Waals surface area contributed by atoms with Gasteiger partial charge in [-0.15, -0.1) is 11.6 Å². The van der Waals surface area contributed by atoms with Crippen LogP contribution in [0.5, 0.6) is 0 Å². The van der Waals surface area contributed by atoms with Gasteiger partial charge in [0.05, 0.1) is 5.88 Å². The zero-order valence-electron chi connectivity index (χ0n) is 10.6. The lowest BCUT2D eigenvalue weighted by molar-refractivity contribution is 0.829. The molecular weight excluding hydrogens is 246 g/mol. The summed E-state index contributed by atoms with van der Waals surface area (Å²) in [4.78, 5) is 4.20. The summed E-state index contributed by atoms with van der Waals surface area (Å²) in [7, 11) is 2.08. The summed E-state index contributed by atoms with van der Waals surface area (Å²) in [5.74, 6) is 0.837. The average Bonchev–Trinajstić information content (AvgIpc) is 2.72. The van der Waals surface area contributed by atoms with Gasteiger partial charge in [-0.3, -0.25) is 4.99 Å². The quantitative estimate of drug-likeness (QED) is 0.383. The molecule has 0 spiro atoms. The number of alkyl halides is 1. The zero-order chi connectivity index (χ0) is 13.0. The normalized spacial score (nSPS) is 12.2. The van der Waals surface area contributed by atoms with E-state index in [1.54, 1.807) is 0 Å². The molecule has 2 aromatic rings. The third-order valence-corrected chi connectivity index (χ3v) is 3.31. The van der Waals surface area contributed by atoms with Crippen molar-refractivity contribution in [2.24, 2.45) is 17.8 Å². The van der Waals surface area contributed by atoms with Crippen LogP contribution in [0.15, 0.2) is 35.5 Å². The van der Waals surface area contributed by atoms with Crippen LogP contribution in [0.25, 0.3) is 10.9 Å². The Morgan fingerprint density at radius 3 is 2.94 bits per heavy atom. The number of fused-ring (bicyclic) bond motifs is 1. The highest BCUT2D eigenvalue weighted by Gasteiger charge is 2.04. The standard InChI is InChI=1S/C14H18ClN3/c1-18-10-11(5-4-8-17-14(16)9-15)12-6-2-3-7-13(12)18/h2-3,6-7,10H,4-5,8-9H2,1H3,(H2,16,17). The number of nitrogens with zero attached hydrogens (tertiary/aromatic N) is 2. The molecule has 96 valence electrons. The minimum absolute atomic E-state index is 0.314. The molecule has 0 fully saturated rings. The first kappa shape index (κ1) is 13.0. The van der Waals surface area contributed by atoms with Crippen molar-refractivity contribution in [1.82, 2.24) is 4.57 Å². The van der Waals surface area contributed by atoms with Gasteiger partial charge in [-0.2, -0.15) is 0 Å². The third-order valence-electron chi connectivity index (χ3n) is 3.04. The molecule has 1 heterocycles. The Hall–Kier alpha value is -1.48. The Kier molecular flexibility index (Phi) is 4.26. The summed E-state index contributed by atoms with van der Waals surface area (Å²) in [6.07, 6.45) is 4.20. The van der Waals surface area contributed by atoms with Crippen molar-refractivity contribution in [3.8, 4) is 0 Å². The Bertz CT molecular complexity index is 557. The number of hydrogen-bond donors (Lipinski definition) is 1. The van der Waals surface area contributed by atoms with E-state index < -0.39 is 0 Å². The molecule has 0 unspecified atom stereocenters. The Morgan fingerprint density at radius 2 is 2.17 bits per heavy atom. The molecule has 1 aromatic carbocycles. The van der Waals surface area contributed by atoms with E-state index in [1.165, 1.54) is 16.5 Å². The lowest BCUT2D eigenvalue weighted by atomic mass is 10.1. The topological polar surface area (TPSA) is 43.3 Å². The lowest BCUT2D eigenvalue weighted by Gasteiger charge is -1.98. The smallest absolute Gasteiger partial charge is 0.109 e. The average molecular weight is 264 g/mol. The van der Waals surface area contributed by atoms with E-state index in [0.29, 0.717) is 11.7 Å². The monoisotopic (exact) mass is 263 g/mol. The SMILES string of the molecule is Cn1cc(CCCN=C(N)CCl)c2ccccc21. The highest BCUT2D eigenvalue weighted by molar-refractivity contribution is 6.27. The van der Waals surface area contributed by atoms with Crippen LogP contribution in [0.1, 0.15) is 12.0 Å². The number of hydrogen-bond acceptors (Lipinski definition) is 1. The molecule has 0 radical (unpaired) electrons. The predicted molar refractivity (Wildman–Crippen MR) is 78.4 cm³/mol. The van der Waals surface area contributed by atoms with Crippen molar-refractivity contribution in [2.45, 2.75) is 12.8 Å². The molecule has 0 aliphatic heterocycles. The second-order valence-corrected chi connectivity index (χ2v) is 4.66.